The molecule has 168 valence electrons. The van der Waals surface area contributed by atoms with E-state index in [-0.39, 0.29) is 22.9 Å². The minimum Gasteiger partial charge on any atom is -0.350 e. The van der Waals surface area contributed by atoms with E-state index in [1.54, 1.807) is 24.3 Å². The van der Waals surface area contributed by atoms with Gasteiger partial charge in [0.25, 0.3) is 0 Å². The fraction of sp³-hybridized carbons (Fsp3) is 0.240. The van der Waals surface area contributed by atoms with Crippen LogP contribution in [0.4, 0.5) is 0 Å². The van der Waals surface area contributed by atoms with Crippen LogP contribution in [-0.2, 0) is 21.2 Å². The van der Waals surface area contributed by atoms with Gasteiger partial charge in [0.05, 0.1) is 10.9 Å². The van der Waals surface area contributed by atoms with E-state index in [9.17, 15) is 13.2 Å². The van der Waals surface area contributed by atoms with Crippen molar-refractivity contribution in [2.24, 2.45) is 0 Å². The highest BCUT2D eigenvalue weighted by atomic mass is 79.9. The Morgan fingerprint density at radius 3 is 2.19 bits per heavy atom. The van der Waals surface area contributed by atoms with Gasteiger partial charge in [-0.15, -0.1) is 0 Å². The maximum Gasteiger partial charge on any atom is 0.241 e. The number of rotatable bonds is 9. The summed E-state index contributed by atoms with van der Waals surface area (Å²) in [5, 5.41) is 3.00. The Balaban J connectivity index is 1.54. The second-order valence-electron chi connectivity index (χ2n) is 7.74. The maximum absolute atomic E-state index is 12.7. The molecule has 0 aromatic heterocycles. The largest absolute Gasteiger partial charge is 0.350 e. The molecule has 0 aliphatic carbocycles. The van der Waals surface area contributed by atoms with Crippen molar-refractivity contribution in [3.05, 3.63) is 100 Å². The minimum atomic E-state index is -3.64. The molecule has 0 aliphatic heterocycles. The molecule has 2 N–H and O–H groups in total. The van der Waals surface area contributed by atoms with Gasteiger partial charge in [0.1, 0.15) is 0 Å². The topological polar surface area (TPSA) is 75.3 Å². The van der Waals surface area contributed by atoms with Gasteiger partial charge >= 0.3 is 0 Å². The summed E-state index contributed by atoms with van der Waals surface area (Å²) in [5.74, 6) is -0.0486. The fourth-order valence-electron chi connectivity index (χ4n) is 3.38. The zero-order chi connectivity index (χ0) is 23.1. The smallest absolute Gasteiger partial charge is 0.241 e. The monoisotopic (exact) mass is 514 g/mol. The van der Waals surface area contributed by atoms with Crippen molar-refractivity contribution < 1.29 is 13.2 Å². The molecule has 0 heterocycles. The number of sulfonamides is 1. The van der Waals surface area contributed by atoms with Crippen LogP contribution in [-0.4, -0.2) is 14.3 Å². The van der Waals surface area contributed by atoms with Gasteiger partial charge in [-0.25, -0.2) is 13.1 Å². The van der Waals surface area contributed by atoms with Crippen molar-refractivity contribution in [1.29, 1.82) is 0 Å². The number of carbonyl (C=O) groups excluding carboxylic acids is 1. The molecule has 3 aromatic rings. The van der Waals surface area contributed by atoms with Gasteiger partial charge < -0.3 is 5.32 Å². The molecule has 0 bridgehead atoms. The van der Waals surface area contributed by atoms with Gasteiger partial charge in [0.15, 0.2) is 0 Å². The minimum absolute atomic E-state index is 0.0486. The third-order valence-electron chi connectivity index (χ3n) is 5.23. The zero-order valence-corrected chi connectivity index (χ0v) is 20.5. The van der Waals surface area contributed by atoms with Gasteiger partial charge in [-0.3, -0.25) is 4.79 Å². The van der Waals surface area contributed by atoms with Gasteiger partial charge in [-0.05, 0) is 61.2 Å². The number of amides is 1. The predicted octanol–water partition coefficient (Wildman–Crippen LogP) is 5.30. The molecule has 0 fully saturated rings. The van der Waals surface area contributed by atoms with Crippen LogP contribution in [0.1, 0.15) is 49.0 Å². The standard InChI is InChI=1S/C25H27BrN2O3S/c1-18(22-9-6-10-23(26)17-22)27-25(29)16-13-20-11-14-24(15-12-20)32(30,31)28-19(2)21-7-4-3-5-8-21/h3-12,14-15,17-19,28H,13,16H2,1-2H3,(H,27,29)/t18-,19-/m0/s1. The van der Waals surface area contributed by atoms with Crippen molar-refractivity contribution in [3.63, 3.8) is 0 Å². The van der Waals surface area contributed by atoms with Crippen molar-refractivity contribution in [3.8, 4) is 0 Å². The summed E-state index contributed by atoms with van der Waals surface area (Å²) < 4.78 is 29.1. The van der Waals surface area contributed by atoms with Crippen LogP contribution >= 0.6 is 15.9 Å². The van der Waals surface area contributed by atoms with E-state index in [1.165, 1.54) is 0 Å². The molecule has 0 saturated heterocycles. The lowest BCUT2D eigenvalue weighted by molar-refractivity contribution is -0.121. The number of carbonyl (C=O) groups is 1. The van der Waals surface area contributed by atoms with Crippen LogP contribution in [0.25, 0.3) is 0 Å². The molecule has 1 amide bonds. The summed E-state index contributed by atoms with van der Waals surface area (Å²) in [6, 6.07) is 23.5. The lowest BCUT2D eigenvalue weighted by Crippen LogP contribution is -2.27. The first-order valence-corrected chi connectivity index (χ1v) is 12.7. The number of aryl methyl sites for hydroxylation is 1. The summed E-state index contributed by atoms with van der Waals surface area (Å²) in [6.45, 7) is 3.76. The molecule has 0 saturated carbocycles. The van der Waals surface area contributed by atoms with Crippen LogP contribution in [0.15, 0.2) is 88.2 Å². The van der Waals surface area contributed by atoms with E-state index in [0.29, 0.717) is 12.8 Å². The SMILES string of the molecule is C[C@H](NC(=O)CCc1ccc(S(=O)(=O)N[C@@H](C)c2ccccc2)cc1)c1cccc(Br)c1. The third-order valence-corrected chi connectivity index (χ3v) is 7.28. The summed E-state index contributed by atoms with van der Waals surface area (Å²) >= 11 is 3.44. The van der Waals surface area contributed by atoms with E-state index in [2.05, 4.69) is 26.0 Å². The Labute approximate surface area is 198 Å². The second kappa shape index (κ2) is 10.9. The number of hydrogen-bond donors (Lipinski definition) is 2. The van der Waals surface area contributed by atoms with E-state index < -0.39 is 10.0 Å². The lowest BCUT2D eigenvalue weighted by atomic mass is 10.1. The van der Waals surface area contributed by atoms with E-state index in [1.807, 2.05) is 68.4 Å². The Morgan fingerprint density at radius 2 is 1.53 bits per heavy atom. The van der Waals surface area contributed by atoms with Crippen LogP contribution in [0.5, 0.6) is 0 Å². The highest BCUT2D eigenvalue weighted by Gasteiger charge is 2.18. The average Bonchev–Trinajstić information content (AvgIpc) is 2.78. The Bertz CT molecular complexity index is 1150. The Kier molecular flexibility index (Phi) is 8.23. The highest BCUT2D eigenvalue weighted by Crippen LogP contribution is 2.19. The summed E-state index contributed by atoms with van der Waals surface area (Å²) in [7, 11) is -3.64. The first kappa shape index (κ1) is 24.2. The molecule has 5 nitrogen and oxygen atoms in total. The molecule has 2 atom stereocenters. The van der Waals surface area contributed by atoms with Crippen molar-refractivity contribution in [2.75, 3.05) is 0 Å². The van der Waals surface area contributed by atoms with Crippen molar-refractivity contribution in [1.82, 2.24) is 10.0 Å². The first-order valence-electron chi connectivity index (χ1n) is 10.5. The number of hydrogen-bond acceptors (Lipinski definition) is 3. The summed E-state index contributed by atoms with van der Waals surface area (Å²) in [4.78, 5) is 12.5. The average molecular weight is 515 g/mol. The normalized spacial score (nSPS) is 13.3. The second-order valence-corrected chi connectivity index (χ2v) is 10.4. The molecule has 32 heavy (non-hydrogen) atoms. The first-order chi connectivity index (χ1) is 15.2. The molecule has 0 spiro atoms. The highest BCUT2D eigenvalue weighted by molar-refractivity contribution is 9.10. The summed E-state index contributed by atoms with van der Waals surface area (Å²) in [5.41, 5.74) is 2.83. The maximum atomic E-state index is 12.7. The molecule has 0 unspecified atom stereocenters. The van der Waals surface area contributed by atoms with Crippen molar-refractivity contribution >= 4 is 31.9 Å². The number of benzene rings is 3. The Hall–Kier alpha value is -2.48. The van der Waals surface area contributed by atoms with Gasteiger partial charge in [-0.2, -0.15) is 0 Å². The van der Waals surface area contributed by atoms with Gasteiger partial charge in [0.2, 0.25) is 15.9 Å². The van der Waals surface area contributed by atoms with Crippen LogP contribution in [0.3, 0.4) is 0 Å². The van der Waals surface area contributed by atoms with Crippen LogP contribution < -0.4 is 10.0 Å². The summed E-state index contributed by atoms with van der Waals surface area (Å²) in [6.07, 6.45) is 0.860. The number of nitrogens with one attached hydrogen (secondary N) is 2. The quantitative estimate of drug-likeness (QED) is 0.406. The van der Waals surface area contributed by atoms with E-state index in [4.69, 9.17) is 0 Å². The van der Waals surface area contributed by atoms with E-state index >= 15 is 0 Å². The third kappa shape index (κ3) is 6.76. The molecule has 0 aliphatic rings. The molecule has 0 radical (unpaired) electrons. The van der Waals surface area contributed by atoms with Crippen LogP contribution in [0, 0.1) is 0 Å². The van der Waals surface area contributed by atoms with Gasteiger partial charge in [-0.1, -0.05) is 70.5 Å². The number of halogens is 1. The lowest BCUT2D eigenvalue weighted by Gasteiger charge is -2.15. The van der Waals surface area contributed by atoms with Crippen molar-refractivity contribution in [2.45, 2.75) is 43.7 Å². The molecular formula is C25H27BrN2O3S. The fourth-order valence-corrected chi connectivity index (χ4v) is 5.03. The zero-order valence-electron chi connectivity index (χ0n) is 18.1. The molecular weight excluding hydrogens is 488 g/mol. The molecule has 3 rings (SSSR count). The Morgan fingerprint density at radius 1 is 0.875 bits per heavy atom. The molecule has 3 aromatic carbocycles. The van der Waals surface area contributed by atoms with Gasteiger partial charge in [0, 0.05) is 16.9 Å². The van der Waals surface area contributed by atoms with E-state index in [0.717, 1.165) is 21.2 Å². The molecule has 7 heteroatoms. The predicted molar refractivity (Wildman–Crippen MR) is 131 cm³/mol. The van der Waals surface area contributed by atoms with Crippen LogP contribution in [0.2, 0.25) is 0 Å².